The van der Waals surface area contributed by atoms with E-state index < -0.39 is 0 Å². The van der Waals surface area contributed by atoms with Gasteiger partial charge in [-0.15, -0.1) is 0 Å². The van der Waals surface area contributed by atoms with Crippen LogP contribution in [0.1, 0.15) is 13.3 Å². The van der Waals surface area contributed by atoms with Gasteiger partial charge in [-0.25, -0.2) is 0 Å². The van der Waals surface area contributed by atoms with Crippen molar-refractivity contribution in [2.75, 3.05) is 7.11 Å². The molecule has 0 saturated heterocycles. The Morgan fingerprint density at radius 2 is 1.17 bits per heavy atom. The molecular weight excluding hydrogens is 280 g/mol. The zero-order valence-corrected chi connectivity index (χ0v) is 11.0. The predicted molar refractivity (Wildman–Crippen MR) is 48.9 cm³/mol. The van der Waals surface area contributed by atoms with Gasteiger partial charge in [-0.3, -0.25) is 0 Å². The monoisotopic (exact) mass is 290 g/mol. The molecule has 1 aliphatic rings. The molecule has 96 valence electrons. The SMILES string of the molecule is CO[C](=[Cr])C1CC1C.[C-]#[O+].[C-]#[O+].[C-]#[O+].[C-]#[O+].[C-]#[O+]. The van der Waals surface area contributed by atoms with E-state index >= 15 is 0 Å². The van der Waals surface area contributed by atoms with E-state index in [1.807, 2.05) is 0 Å². The van der Waals surface area contributed by atoms with Gasteiger partial charge in [-0.05, 0) is 0 Å². The van der Waals surface area contributed by atoms with Crippen LogP contribution >= 0.6 is 0 Å². The normalized spacial score (nSPS) is 16.0. The molecule has 0 amide bonds. The topological polar surface area (TPSA) is 109 Å². The Balaban J connectivity index is -0.0000000482. The van der Waals surface area contributed by atoms with Crippen molar-refractivity contribution in [1.29, 1.82) is 0 Å². The second-order valence-corrected chi connectivity index (χ2v) is 2.97. The van der Waals surface area contributed by atoms with Crippen molar-refractivity contribution in [2.24, 2.45) is 11.8 Å². The first-order chi connectivity index (χ1) is 8.75. The van der Waals surface area contributed by atoms with Gasteiger partial charge in [0, 0.05) is 0 Å². The Labute approximate surface area is 114 Å². The van der Waals surface area contributed by atoms with Gasteiger partial charge in [-0.2, -0.15) is 0 Å². The van der Waals surface area contributed by atoms with Gasteiger partial charge >= 0.3 is 114 Å². The average molecular weight is 290 g/mol. The molecule has 6 nitrogen and oxygen atoms in total. The van der Waals surface area contributed by atoms with Crippen LogP contribution in [-0.2, 0) is 43.8 Å². The molecule has 2 unspecified atom stereocenters. The van der Waals surface area contributed by atoms with E-state index in [1.54, 1.807) is 7.11 Å². The van der Waals surface area contributed by atoms with Crippen LogP contribution in [0.2, 0.25) is 0 Å². The number of hydrogen-bond donors (Lipinski definition) is 0. The van der Waals surface area contributed by atoms with Crippen molar-refractivity contribution in [3.05, 3.63) is 33.3 Å². The second kappa shape index (κ2) is 36.0. The molecule has 18 heavy (non-hydrogen) atoms. The van der Waals surface area contributed by atoms with Gasteiger partial charge in [0.05, 0.1) is 0 Å². The summed E-state index contributed by atoms with van der Waals surface area (Å²) in [6.45, 7) is 24.7. The summed E-state index contributed by atoms with van der Waals surface area (Å²) in [7, 11) is 1.72. The van der Waals surface area contributed by atoms with Crippen LogP contribution < -0.4 is 0 Å². The fraction of sp³-hybridized carbons (Fsp3) is 0.455. The zero-order valence-electron chi connectivity index (χ0n) is 9.72. The van der Waals surface area contributed by atoms with Crippen LogP contribution in [0.5, 0.6) is 0 Å². The van der Waals surface area contributed by atoms with Crippen LogP contribution in [0.3, 0.4) is 0 Å². The minimum absolute atomic E-state index is 0.722. The van der Waals surface area contributed by atoms with Crippen LogP contribution in [0.25, 0.3) is 0 Å². The molecule has 0 radical (unpaired) electrons. The number of methoxy groups -OCH3 is 1. The molecule has 0 aromatic heterocycles. The summed E-state index contributed by atoms with van der Waals surface area (Å²) in [5.41, 5.74) is 0. The standard InChI is InChI=1S/C6H10O.5CO.Cr/c1-5-3-6(5)4-7-2;5*1-2;/h5-6H,3H2,1-2H3;;;;;;. The quantitative estimate of drug-likeness (QED) is 0.543. The van der Waals surface area contributed by atoms with Crippen molar-refractivity contribution < 1.29 is 43.8 Å². The van der Waals surface area contributed by atoms with Crippen LogP contribution in [0.4, 0.5) is 0 Å². The molecule has 2 atom stereocenters. The van der Waals surface area contributed by atoms with Gasteiger partial charge in [0.2, 0.25) is 0 Å². The van der Waals surface area contributed by atoms with E-state index in [0.29, 0.717) is 0 Å². The third kappa shape index (κ3) is 24.3. The fourth-order valence-corrected chi connectivity index (χ4v) is 1.31. The van der Waals surface area contributed by atoms with E-state index in [9.17, 15) is 0 Å². The molecule has 0 aromatic rings. The molecule has 0 bridgehead atoms. The maximum absolute atomic E-state index is 7.50. The van der Waals surface area contributed by atoms with Gasteiger partial charge < -0.3 is 0 Å². The Bertz CT molecular complexity index is 241. The van der Waals surface area contributed by atoms with E-state index in [1.165, 1.54) is 6.42 Å². The summed E-state index contributed by atoms with van der Waals surface area (Å²) in [6.07, 6.45) is 1.30. The van der Waals surface area contributed by atoms with Crippen molar-refractivity contribution in [3.63, 3.8) is 0 Å². The Kier molecular flexibility index (Phi) is 60.5. The van der Waals surface area contributed by atoms with E-state index in [4.69, 9.17) is 28.0 Å². The van der Waals surface area contributed by atoms with Crippen molar-refractivity contribution in [3.8, 4) is 0 Å². The van der Waals surface area contributed by atoms with Gasteiger partial charge in [0.1, 0.15) is 0 Å². The van der Waals surface area contributed by atoms with E-state index in [-0.39, 0.29) is 0 Å². The van der Waals surface area contributed by atoms with Crippen molar-refractivity contribution in [2.45, 2.75) is 13.3 Å². The van der Waals surface area contributed by atoms with Crippen molar-refractivity contribution >= 4 is 4.57 Å². The first-order valence-electron chi connectivity index (χ1n) is 3.85. The molecule has 0 spiro atoms. The van der Waals surface area contributed by atoms with Gasteiger partial charge in [0.15, 0.2) is 0 Å². The minimum atomic E-state index is 0.722. The Hall–Kier alpha value is -0.938. The van der Waals surface area contributed by atoms with Gasteiger partial charge in [0.25, 0.3) is 0 Å². The summed E-state index contributed by atoms with van der Waals surface area (Å²) in [5.74, 6) is 1.58. The molecule has 1 saturated carbocycles. The van der Waals surface area contributed by atoms with E-state index in [0.717, 1.165) is 16.4 Å². The summed E-state index contributed by atoms with van der Waals surface area (Å²) >= 11 is 2.91. The summed E-state index contributed by atoms with van der Waals surface area (Å²) in [6, 6.07) is 0. The molecule has 1 aliphatic carbocycles. The first kappa shape index (κ1) is 30.3. The summed E-state index contributed by atoms with van der Waals surface area (Å²) in [4.78, 5) is 0. The van der Waals surface area contributed by atoms with Gasteiger partial charge in [-0.1, -0.05) is 0 Å². The van der Waals surface area contributed by atoms with Crippen LogP contribution in [0.15, 0.2) is 0 Å². The van der Waals surface area contributed by atoms with Crippen LogP contribution in [0, 0.1) is 45.1 Å². The molecule has 0 heterocycles. The molecule has 1 rings (SSSR count). The third-order valence-electron chi connectivity index (χ3n) is 1.61. The Morgan fingerprint density at radius 3 is 1.22 bits per heavy atom. The molecule has 0 N–H and O–H groups in total. The summed E-state index contributed by atoms with van der Waals surface area (Å²) in [5, 5.41) is 0. The Morgan fingerprint density at radius 1 is 0.944 bits per heavy atom. The average Bonchev–Trinajstić information content (AvgIpc) is 3.25. The molecular formula is C11H10CrO6. The maximum atomic E-state index is 7.50. The number of ether oxygens (including phenoxy) is 1. The third-order valence-corrected chi connectivity index (χ3v) is 2.35. The molecule has 1 fully saturated rings. The zero-order chi connectivity index (χ0) is 16.1. The number of rotatable bonds is 2. The van der Waals surface area contributed by atoms with E-state index in [2.05, 4.69) is 56.0 Å². The van der Waals surface area contributed by atoms with Crippen LogP contribution in [-0.4, -0.2) is 11.7 Å². The van der Waals surface area contributed by atoms with Crippen molar-refractivity contribution in [1.82, 2.24) is 0 Å². The molecule has 0 aromatic carbocycles. The predicted octanol–water partition coefficient (Wildman–Crippen LogP) is 0.778. The first-order valence-corrected chi connectivity index (χ1v) is 4.49. The fourth-order valence-electron chi connectivity index (χ4n) is 0.802. The summed E-state index contributed by atoms with van der Waals surface area (Å²) < 4.78 is 43.6. The molecule has 7 heteroatoms. The number of hydrogen-bond acceptors (Lipinski definition) is 1. The second-order valence-electron chi connectivity index (χ2n) is 2.34. The molecule has 0 aliphatic heterocycles.